The molecule has 0 atom stereocenters. The quantitative estimate of drug-likeness (QED) is 0.618. The molecule has 102 valence electrons. The minimum Gasteiger partial charge on any atom is -0.420 e. The second-order valence-corrected chi connectivity index (χ2v) is 11.0. The van der Waals surface area contributed by atoms with Gasteiger partial charge in [0, 0.05) is 13.7 Å². The van der Waals surface area contributed by atoms with Crippen LogP contribution in [0.4, 0.5) is 0 Å². The summed E-state index contributed by atoms with van der Waals surface area (Å²) < 4.78 is 31.8. The van der Waals surface area contributed by atoms with Crippen molar-refractivity contribution in [3.8, 4) is 0 Å². The van der Waals surface area contributed by atoms with Crippen LogP contribution in [-0.2, 0) is 14.4 Å². The van der Waals surface area contributed by atoms with Crippen molar-refractivity contribution in [3.63, 3.8) is 0 Å². The predicted molar refractivity (Wildman–Crippen MR) is 75.5 cm³/mol. The van der Waals surface area contributed by atoms with Crippen LogP contribution in [0.1, 0.15) is 6.42 Å². The van der Waals surface area contributed by atoms with E-state index in [-0.39, 0.29) is 0 Å². The molecule has 4 nitrogen and oxygen atoms in total. The molecule has 0 radical (unpaired) electrons. The van der Waals surface area contributed by atoms with Crippen molar-refractivity contribution in [2.45, 2.75) is 30.5 Å². The standard InChI is InChI=1S/C12H21NO3SSi/c1-16-18(2,3)11-7-10-13-17(14,15)12-8-5-4-6-9-12/h4-6,8-9,13H,7,10-11H2,1-3H3. The smallest absolute Gasteiger partial charge is 0.240 e. The molecule has 1 aromatic rings. The molecule has 0 fully saturated rings. The summed E-state index contributed by atoms with van der Waals surface area (Å²) in [6, 6.07) is 9.36. The normalized spacial score (nSPS) is 12.6. The van der Waals surface area contributed by atoms with Gasteiger partial charge in [0.1, 0.15) is 0 Å². The van der Waals surface area contributed by atoms with Crippen molar-refractivity contribution in [1.82, 2.24) is 4.72 Å². The lowest BCUT2D eigenvalue weighted by molar-refractivity contribution is 0.402. The Bertz CT molecular complexity index is 459. The number of sulfonamides is 1. The SMILES string of the molecule is CO[Si](C)(C)CCCNS(=O)(=O)c1ccccc1. The number of rotatable bonds is 7. The van der Waals surface area contributed by atoms with E-state index in [9.17, 15) is 8.42 Å². The molecule has 0 spiro atoms. The fourth-order valence-electron chi connectivity index (χ4n) is 1.51. The lowest BCUT2D eigenvalue weighted by Crippen LogP contribution is -2.31. The molecule has 0 saturated carbocycles. The van der Waals surface area contributed by atoms with Crippen LogP contribution in [0.15, 0.2) is 35.2 Å². The van der Waals surface area contributed by atoms with Crippen LogP contribution in [0.5, 0.6) is 0 Å². The summed E-state index contributed by atoms with van der Waals surface area (Å²) in [5, 5.41) is 0. The molecule has 0 aliphatic rings. The van der Waals surface area contributed by atoms with E-state index in [4.69, 9.17) is 4.43 Å². The van der Waals surface area contributed by atoms with Crippen LogP contribution in [-0.4, -0.2) is 30.4 Å². The van der Waals surface area contributed by atoms with E-state index < -0.39 is 18.3 Å². The molecule has 0 aliphatic heterocycles. The lowest BCUT2D eigenvalue weighted by Gasteiger charge is -2.19. The molecule has 0 aliphatic carbocycles. The van der Waals surface area contributed by atoms with Crippen LogP contribution in [0.2, 0.25) is 19.1 Å². The highest BCUT2D eigenvalue weighted by Crippen LogP contribution is 2.12. The molecule has 0 bridgehead atoms. The summed E-state index contributed by atoms with van der Waals surface area (Å²) in [5.41, 5.74) is 0. The molecule has 1 rings (SSSR count). The topological polar surface area (TPSA) is 55.4 Å². The third-order valence-electron chi connectivity index (χ3n) is 2.85. The molecule has 6 heteroatoms. The van der Waals surface area contributed by atoms with Gasteiger partial charge in [-0.25, -0.2) is 13.1 Å². The second-order valence-electron chi connectivity index (χ2n) is 4.78. The maximum absolute atomic E-state index is 11.9. The first-order valence-electron chi connectivity index (χ1n) is 5.97. The molecule has 0 aromatic heterocycles. The van der Waals surface area contributed by atoms with Crippen LogP contribution < -0.4 is 4.72 Å². The predicted octanol–water partition coefficient (Wildman–Crippen LogP) is 2.21. The lowest BCUT2D eigenvalue weighted by atomic mass is 10.4. The van der Waals surface area contributed by atoms with Gasteiger partial charge in [0.25, 0.3) is 0 Å². The molecular formula is C12H21NO3SSi. The fraction of sp³-hybridized carbons (Fsp3) is 0.500. The number of benzene rings is 1. The number of nitrogens with one attached hydrogen (secondary N) is 1. The molecule has 1 aromatic carbocycles. The third kappa shape index (κ3) is 4.89. The molecule has 0 saturated heterocycles. The van der Waals surface area contributed by atoms with E-state index >= 15 is 0 Å². The van der Waals surface area contributed by atoms with E-state index in [1.807, 2.05) is 0 Å². The highest BCUT2D eigenvalue weighted by Gasteiger charge is 2.20. The van der Waals surface area contributed by atoms with E-state index in [2.05, 4.69) is 17.8 Å². The molecule has 0 heterocycles. The highest BCUT2D eigenvalue weighted by atomic mass is 32.2. The minimum atomic E-state index is -3.36. The second kappa shape index (κ2) is 6.47. The minimum absolute atomic E-state index is 0.313. The van der Waals surface area contributed by atoms with Gasteiger partial charge in [0.2, 0.25) is 10.0 Å². The Morgan fingerprint density at radius 3 is 2.39 bits per heavy atom. The first-order valence-corrected chi connectivity index (χ1v) is 10.6. The Balaban J connectivity index is 2.45. The summed E-state index contributed by atoms with van der Waals surface area (Å²) in [6.07, 6.45) is 0.805. The Morgan fingerprint density at radius 2 is 1.83 bits per heavy atom. The van der Waals surface area contributed by atoms with Crippen LogP contribution in [0.25, 0.3) is 0 Å². The zero-order valence-corrected chi connectivity index (χ0v) is 13.0. The summed E-state index contributed by atoms with van der Waals surface area (Å²) in [7, 11) is -3.23. The molecule has 18 heavy (non-hydrogen) atoms. The van der Waals surface area contributed by atoms with Crippen LogP contribution >= 0.6 is 0 Å². The number of hydrogen-bond acceptors (Lipinski definition) is 3. The van der Waals surface area contributed by atoms with Crippen molar-refractivity contribution in [2.75, 3.05) is 13.7 Å². The van der Waals surface area contributed by atoms with E-state index in [1.54, 1.807) is 37.4 Å². The summed E-state index contributed by atoms with van der Waals surface area (Å²) in [6.45, 7) is 4.70. The summed E-state index contributed by atoms with van der Waals surface area (Å²) >= 11 is 0. The molecule has 0 unspecified atom stereocenters. The zero-order chi connectivity index (χ0) is 13.6. The van der Waals surface area contributed by atoms with E-state index in [0.29, 0.717) is 11.4 Å². The fourth-order valence-corrected chi connectivity index (χ4v) is 3.83. The highest BCUT2D eigenvalue weighted by molar-refractivity contribution is 7.89. The van der Waals surface area contributed by atoms with Crippen molar-refractivity contribution < 1.29 is 12.8 Å². The average Bonchev–Trinajstić information content (AvgIpc) is 2.36. The van der Waals surface area contributed by atoms with Gasteiger partial charge in [-0.2, -0.15) is 0 Å². The van der Waals surface area contributed by atoms with Gasteiger partial charge in [-0.05, 0) is 37.7 Å². The summed E-state index contributed by atoms with van der Waals surface area (Å²) in [5.74, 6) is 0. The maximum Gasteiger partial charge on any atom is 0.240 e. The Morgan fingerprint density at radius 1 is 1.22 bits per heavy atom. The molecule has 1 N–H and O–H groups in total. The van der Waals surface area contributed by atoms with Gasteiger partial charge in [-0.1, -0.05) is 18.2 Å². The van der Waals surface area contributed by atoms with Crippen LogP contribution in [0, 0.1) is 0 Å². The van der Waals surface area contributed by atoms with Crippen molar-refractivity contribution in [1.29, 1.82) is 0 Å². The van der Waals surface area contributed by atoms with Crippen molar-refractivity contribution >= 4 is 18.3 Å². The average molecular weight is 287 g/mol. The Kier molecular flexibility index (Phi) is 5.52. The van der Waals surface area contributed by atoms with Gasteiger partial charge in [0.15, 0.2) is 8.32 Å². The van der Waals surface area contributed by atoms with Gasteiger partial charge in [-0.15, -0.1) is 0 Å². The maximum atomic E-state index is 11.9. The Labute approximate surface area is 111 Å². The molecule has 0 amide bonds. The third-order valence-corrected chi connectivity index (χ3v) is 6.99. The monoisotopic (exact) mass is 287 g/mol. The number of hydrogen-bond donors (Lipinski definition) is 1. The van der Waals surface area contributed by atoms with Gasteiger partial charge in [-0.3, -0.25) is 0 Å². The van der Waals surface area contributed by atoms with E-state index in [1.165, 1.54) is 0 Å². The van der Waals surface area contributed by atoms with Crippen molar-refractivity contribution in [3.05, 3.63) is 30.3 Å². The summed E-state index contributed by atoms with van der Waals surface area (Å²) in [4.78, 5) is 0.313. The first kappa shape index (κ1) is 15.4. The Hall–Kier alpha value is -0.693. The first-order chi connectivity index (χ1) is 8.37. The zero-order valence-electron chi connectivity index (χ0n) is 11.1. The van der Waals surface area contributed by atoms with Gasteiger partial charge < -0.3 is 4.43 Å². The van der Waals surface area contributed by atoms with Crippen molar-refractivity contribution in [2.24, 2.45) is 0 Å². The van der Waals surface area contributed by atoms with Gasteiger partial charge in [0.05, 0.1) is 4.90 Å². The largest absolute Gasteiger partial charge is 0.420 e. The van der Waals surface area contributed by atoms with Crippen LogP contribution in [0.3, 0.4) is 0 Å². The van der Waals surface area contributed by atoms with E-state index in [0.717, 1.165) is 12.5 Å². The van der Waals surface area contributed by atoms with Gasteiger partial charge >= 0.3 is 0 Å². The molecular weight excluding hydrogens is 266 g/mol.